The Labute approximate surface area is 146 Å². The summed E-state index contributed by atoms with van der Waals surface area (Å²) in [6.07, 6.45) is 0.654. The van der Waals surface area contributed by atoms with Crippen LogP contribution in [0.15, 0.2) is 36.4 Å². The van der Waals surface area contributed by atoms with Crippen LogP contribution in [0.4, 0.5) is 5.82 Å². The van der Waals surface area contributed by atoms with E-state index in [9.17, 15) is 4.79 Å². The van der Waals surface area contributed by atoms with Gasteiger partial charge in [0.05, 0.1) is 18.2 Å². The van der Waals surface area contributed by atoms with Crippen LogP contribution in [-0.2, 0) is 0 Å². The Morgan fingerprint density at radius 2 is 2.00 bits per heavy atom. The molecule has 1 atom stereocenters. The first-order chi connectivity index (χ1) is 12.1. The van der Waals surface area contributed by atoms with Crippen molar-refractivity contribution < 1.29 is 9.53 Å². The van der Waals surface area contributed by atoms with Crippen LogP contribution in [0, 0.1) is 11.3 Å². The first kappa shape index (κ1) is 16.7. The number of aromatic nitrogens is 2. The summed E-state index contributed by atoms with van der Waals surface area (Å²) >= 11 is 0. The molecule has 128 valence electrons. The van der Waals surface area contributed by atoms with Crippen molar-refractivity contribution >= 4 is 11.7 Å². The number of hydrogen-bond donors (Lipinski definition) is 0. The maximum Gasteiger partial charge on any atom is 0.253 e. The standard InChI is InChI=1S/C18H19N5O2/c1-22(2)16-7-8-17(21-20-16)25-15-9-10-23(12-15)18(24)14-5-3-13(11-19)4-6-14/h3-8,15H,9-10,12H2,1-2H3. The number of nitriles is 1. The number of carbonyl (C=O) groups is 1. The van der Waals surface area contributed by atoms with Crippen molar-refractivity contribution in [1.29, 1.82) is 5.26 Å². The highest BCUT2D eigenvalue weighted by Gasteiger charge is 2.28. The second-order valence-corrected chi connectivity index (χ2v) is 6.09. The molecule has 25 heavy (non-hydrogen) atoms. The van der Waals surface area contributed by atoms with Gasteiger partial charge in [-0.15, -0.1) is 10.2 Å². The van der Waals surface area contributed by atoms with E-state index in [0.717, 1.165) is 12.2 Å². The van der Waals surface area contributed by atoms with Gasteiger partial charge in [-0.1, -0.05) is 0 Å². The third kappa shape index (κ3) is 3.86. The lowest BCUT2D eigenvalue weighted by Gasteiger charge is -2.17. The molecule has 0 saturated carbocycles. The summed E-state index contributed by atoms with van der Waals surface area (Å²) in [7, 11) is 3.79. The molecule has 1 aromatic carbocycles. The molecule has 1 aromatic heterocycles. The largest absolute Gasteiger partial charge is 0.471 e. The van der Waals surface area contributed by atoms with Gasteiger partial charge in [0.25, 0.3) is 5.91 Å². The summed E-state index contributed by atoms with van der Waals surface area (Å²) in [5.41, 5.74) is 1.12. The molecular weight excluding hydrogens is 318 g/mol. The number of hydrogen-bond acceptors (Lipinski definition) is 6. The fourth-order valence-electron chi connectivity index (χ4n) is 2.66. The van der Waals surface area contributed by atoms with Crippen molar-refractivity contribution in [2.45, 2.75) is 12.5 Å². The number of amides is 1. The van der Waals surface area contributed by atoms with Crippen molar-refractivity contribution in [2.24, 2.45) is 0 Å². The summed E-state index contributed by atoms with van der Waals surface area (Å²) in [5.74, 6) is 1.17. The maximum absolute atomic E-state index is 12.5. The van der Waals surface area contributed by atoms with Crippen molar-refractivity contribution in [3.05, 3.63) is 47.5 Å². The lowest BCUT2D eigenvalue weighted by atomic mass is 10.1. The third-order valence-electron chi connectivity index (χ3n) is 4.06. The molecule has 0 aliphatic carbocycles. The normalized spacial score (nSPS) is 16.4. The highest BCUT2D eigenvalue weighted by molar-refractivity contribution is 5.94. The number of nitrogens with zero attached hydrogens (tertiary/aromatic N) is 5. The quantitative estimate of drug-likeness (QED) is 0.845. The Kier molecular flexibility index (Phi) is 4.80. The van der Waals surface area contributed by atoms with Crippen molar-refractivity contribution in [2.75, 3.05) is 32.1 Å². The highest BCUT2D eigenvalue weighted by Crippen LogP contribution is 2.19. The molecule has 0 N–H and O–H groups in total. The summed E-state index contributed by atoms with van der Waals surface area (Å²) in [5, 5.41) is 17.0. The molecular formula is C18H19N5O2. The third-order valence-corrected chi connectivity index (χ3v) is 4.06. The molecule has 0 bridgehead atoms. The van der Waals surface area contributed by atoms with Gasteiger partial charge < -0.3 is 14.5 Å². The molecule has 1 unspecified atom stereocenters. The van der Waals surface area contributed by atoms with Crippen LogP contribution in [0.5, 0.6) is 5.88 Å². The van der Waals surface area contributed by atoms with Crippen LogP contribution < -0.4 is 9.64 Å². The second-order valence-electron chi connectivity index (χ2n) is 6.09. The number of likely N-dealkylation sites (tertiary alicyclic amines) is 1. The van der Waals surface area contributed by atoms with Crippen molar-refractivity contribution in [1.82, 2.24) is 15.1 Å². The van der Waals surface area contributed by atoms with Crippen molar-refractivity contribution in [3.8, 4) is 11.9 Å². The molecule has 1 aliphatic heterocycles. The van der Waals surface area contributed by atoms with E-state index >= 15 is 0 Å². The van der Waals surface area contributed by atoms with Crippen LogP contribution in [0.3, 0.4) is 0 Å². The fraction of sp³-hybridized carbons (Fsp3) is 0.333. The van der Waals surface area contributed by atoms with Gasteiger partial charge in [-0.3, -0.25) is 4.79 Å². The lowest BCUT2D eigenvalue weighted by molar-refractivity contribution is 0.0771. The van der Waals surface area contributed by atoms with Crippen LogP contribution in [-0.4, -0.2) is 54.3 Å². The molecule has 1 saturated heterocycles. The van der Waals surface area contributed by atoms with Gasteiger partial charge in [0, 0.05) is 38.7 Å². The summed E-state index contributed by atoms with van der Waals surface area (Å²) < 4.78 is 5.83. The highest BCUT2D eigenvalue weighted by atomic mass is 16.5. The van der Waals surface area contributed by atoms with Gasteiger partial charge in [-0.25, -0.2) is 0 Å². The van der Waals surface area contributed by atoms with E-state index in [1.165, 1.54) is 0 Å². The van der Waals surface area contributed by atoms with E-state index < -0.39 is 0 Å². The van der Waals surface area contributed by atoms with E-state index in [-0.39, 0.29) is 12.0 Å². The molecule has 1 aliphatic rings. The van der Waals surface area contributed by atoms with Gasteiger partial charge in [0.1, 0.15) is 6.10 Å². The number of ether oxygens (including phenoxy) is 1. The Morgan fingerprint density at radius 1 is 1.24 bits per heavy atom. The van der Waals surface area contributed by atoms with Gasteiger partial charge in [-0.05, 0) is 30.3 Å². The van der Waals surface area contributed by atoms with Crippen LogP contribution in [0.1, 0.15) is 22.3 Å². The molecule has 1 fully saturated rings. The monoisotopic (exact) mass is 337 g/mol. The fourth-order valence-corrected chi connectivity index (χ4v) is 2.66. The van der Waals surface area contributed by atoms with E-state index in [1.54, 1.807) is 35.2 Å². The smallest absolute Gasteiger partial charge is 0.253 e. The van der Waals surface area contributed by atoms with Crippen LogP contribution in [0.2, 0.25) is 0 Å². The van der Waals surface area contributed by atoms with E-state index in [2.05, 4.69) is 10.2 Å². The Morgan fingerprint density at radius 3 is 2.60 bits per heavy atom. The molecule has 2 aromatic rings. The van der Waals surface area contributed by atoms with E-state index in [4.69, 9.17) is 10.00 Å². The SMILES string of the molecule is CN(C)c1ccc(OC2CCN(C(=O)c3ccc(C#N)cc3)C2)nn1. The molecule has 7 heteroatoms. The Balaban J connectivity index is 1.59. The van der Waals surface area contributed by atoms with Crippen LogP contribution in [0.25, 0.3) is 0 Å². The zero-order valence-electron chi connectivity index (χ0n) is 14.2. The topological polar surface area (TPSA) is 82.4 Å². The number of anilines is 1. The number of rotatable bonds is 4. The molecule has 0 spiro atoms. The summed E-state index contributed by atoms with van der Waals surface area (Å²) in [6, 6.07) is 12.3. The van der Waals surface area contributed by atoms with E-state index in [1.807, 2.05) is 31.1 Å². The molecule has 3 rings (SSSR count). The van der Waals surface area contributed by atoms with E-state index in [0.29, 0.717) is 30.1 Å². The molecule has 7 nitrogen and oxygen atoms in total. The van der Waals surface area contributed by atoms with Gasteiger partial charge >= 0.3 is 0 Å². The minimum absolute atomic E-state index is 0.0513. The Hall–Kier alpha value is -3.14. The second kappa shape index (κ2) is 7.18. The summed E-state index contributed by atoms with van der Waals surface area (Å²) in [4.78, 5) is 16.1. The van der Waals surface area contributed by atoms with Gasteiger partial charge in [0.15, 0.2) is 5.82 Å². The lowest BCUT2D eigenvalue weighted by Crippen LogP contribution is -2.31. The Bertz CT molecular complexity index is 781. The summed E-state index contributed by atoms with van der Waals surface area (Å²) in [6.45, 7) is 1.14. The zero-order chi connectivity index (χ0) is 17.8. The van der Waals surface area contributed by atoms with Gasteiger partial charge in [-0.2, -0.15) is 5.26 Å². The minimum Gasteiger partial charge on any atom is -0.471 e. The minimum atomic E-state index is -0.0955. The molecule has 2 heterocycles. The first-order valence-corrected chi connectivity index (χ1v) is 8.04. The maximum atomic E-state index is 12.5. The predicted molar refractivity (Wildman–Crippen MR) is 92.5 cm³/mol. The number of carbonyl (C=O) groups excluding carboxylic acids is 1. The average molecular weight is 337 g/mol. The molecule has 1 amide bonds. The predicted octanol–water partition coefficient (Wildman–Crippen LogP) is 1.71. The number of benzene rings is 1. The molecule has 0 radical (unpaired) electrons. The zero-order valence-corrected chi connectivity index (χ0v) is 14.2. The van der Waals surface area contributed by atoms with Crippen molar-refractivity contribution in [3.63, 3.8) is 0 Å². The van der Waals surface area contributed by atoms with Crippen LogP contribution >= 0.6 is 0 Å². The average Bonchev–Trinajstić information content (AvgIpc) is 3.10. The first-order valence-electron chi connectivity index (χ1n) is 8.04. The van der Waals surface area contributed by atoms with Gasteiger partial charge in [0.2, 0.25) is 5.88 Å².